The molecule has 1 heterocycles. The van der Waals surface area contributed by atoms with Crippen molar-refractivity contribution < 1.29 is 22.7 Å². The van der Waals surface area contributed by atoms with Crippen molar-refractivity contribution in [1.82, 2.24) is 4.98 Å². The van der Waals surface area contributed by atoms with Gasteiger partial charge in [-0.1, -0.05) is 0 Å². The molecule has 0 atom stereocenters. The van der Waals surface area contributed by atoms with Crippen LogP contribution in [0.5, 0.6) is 0 Å². The Morgan fingerprint density at radius 1 is 1.56 bits per heavy atom. The van der Waals surface area contributed by atoms with Crippen molar-refractivity contribution in [3.05, 3.63) is 27.1 Å². The van der Waals surface area contributed by atoms with Crippen LogP contribution in [-0.4, -0.2) is 18.1 Å². The number of halogens is 4. The number of methoxy groups -OCH3 is 1. The highest BCUT2D eigenvalue weighted by molar-refractivity contribution is 14.1. The molecule has 0 saturated carbocycles. The van der Waals surface area contributed by atoms with Crippen LogP contribution in [0.25, 0.3) is 0 Å². The van der Waals surface area contributed by atoms with Crippen LogP contribution in [0.4, 0.5) is 13.2 Å². The van der Waals surface area contributed by atoms with Crippen molar-refractivity contribution in [3.63, 3.8) is 0 Å². The smallest absolute Gasteiger partial charge is 0.433 e. The molecular formula is C9H7F3INO2. The van der Waals surface area contributed by atoms with Crippen LogP contribution in [0.1, 0.15) is 11.3 Å². The van der Waals surface area contributed by atoms with Crippen LogP contribution in [0.15, 0.2) is 12.3 Å². The monoisotopic (exact) mass is 345 g/mol. The highest BCUT2D eigenvalue weighted by Crippen LogP contribution is 2.29. The second kappa shape index (κ2) is 4.98. The first-order chi connectivity index (χ1) is 7.34. The minimum atomic E-state index is -4.47. The largest absolute Gasteiger partial charge is 0.469 e. The Morgan fingerprint density at radius 3 is 2.62 bits per heavy atom. The second-order valence-corrected chi connectivity index (χ2v) is 4.07. The van der Waals surface area contributed by atoms with Gasteiger partial charge in [0, 0.05) is 9.77 Å². The van der Waals surface area contributed by atoms with Gasteiger partial charge in [-0.2, -0.15) is 13.2 Å². The number of hydrogen-bond acceptors (Lipinski definition) is 3. The highest BCUT2D eigenvalue weighted by Gasteiger charge is 2.32. The molecule has 0 fully saturated rings. The number of carbonyl (C=O) groups excluding carboxylic acids is 1. The van der Waals surface area contributed by atoms with E-state index >= 15 is 0 Å². The first-order valence-electron chi connectivity index (χ1n) is 4.13. The SMILES string of the molecule is COC(=O)Cc1cnc(C(F)(F)F)cc1I. The van der Waals surface area contributed by atoms with Crippen molar-refractivity contribution >= 4 is 28.6 Å². The van der Waals surface area contributed by atoms with Crippen LogP contribution in [0.3, 0.4) is 0 Å². The molecule has 3 nitrogen and oxygen atoms in total. The van der Waals surface area contributed by atoms with Gasteiger partial charge < -0.3 is 4.74 Å². The maximum atomic E-state index is 12.3. The van der Waals surface area contributed by atoms with Crippen LogP contribution < -0.4 is 0 Å². The lowest BCUT2D eigenvalue weighted by Crippen LogP contribution is -2.11. The summed E-state index contributed by atoms with van der Waals surface area (Å²) in [4.78, 5) is 14.2. The molecule has 0 N–H and O–H groups in total. The summed E-state index contributed by atoms with van der Waals surface area (Å²) in [7, 11) is 1.21. The van der Waals surface area contributed by atoms with Crippen molar-refractivity contribution in [1.29, 1.82) is 0 Å². The first-order valence-corrected chi connectivity index (χ1v) is 5.21. The van der Waals surface area contributed by atoms with Crippen LogP contribution in [0.2, 0.25) is 0 Å². The van der Waals surface area contributed by atoms with E-state index < -0.39 is 17.8 Å². The van der Waals surface area contributed by atoms with Crippen molar-refractivity contribution in [2.75, 3.05) is 7.11 Å². The Labute approximate surface area is 103 Å². The molecule has 0 radical (unpaired) electrons. The first kappa shape index (κ1) is 13.2. The van der Waals surface area contributed by atoms with Gasteiger partial charge in [0.05, 0.1) is 13.5 Å². The number of aromatic nitrogens is 1. The molecule has 1 rings (SSSR count). The number of ether oxygens (including phenoxy) is 1. The quantitative estimate of drug-likeness (QED) is 0.611. The zero-order valence-corrected chi connectivity index (χ0v) is 10.3. The highest BCUT2D eigenvalue weighted by atomic mass is 127. The summed E-state index contributed by atoms with van der Waals surface area (Å²) in [6, 6.07) is 0.902. The van der Waals surface area contributed by atoms with E-state index in [2.05, 4.69) is 9.72 Å². The lowest BCUT2D eigenvalue weighted by atomic mass is 10.2. The van der Waals surface area contributed by atoms with Gasteiger partial charge in [0.1, 0.15) is 5.69 Å². The Hall–Kier alpha value is -0.860. The summed E-state index contributed by atoms with van der Waals surface area (Å²) >= 11 is 1.73. The minimum absolute atomic E-state index is 0.0834. The summed E-state index contributed by atoms with van der Waals surface area (Å²) in [5.74, 6) is -0.514. The Kier molecular flexibility index (Phi) is 4.11. The molecule has 0 aliphatic heterocycles. The molecule has 0 amide bonds. The molecule has 0 aliphatic rings. The molecule has 7 heteroatoms. The molecular weight excluding hydrogens is 338 g/mol. The Bertz CT molecular complexity index is 406. The van der Waals surface area contributed by atoms with Crippen molar-refractivity contribution in [3.8, 4) is 0 Å². The fraction of sp³-hybridized carbons (Fsp3) is 0.333. The Morgan fingerprint density at radius 2 is 2.19 bits per heavy atom. The summed E-state index contributed by atoms with van der Waals surface area (Å²) in [5.41, 5.74) is -0.550. The fourth-order valence-electron chi connectivity index (χ4n) is 0.972. The third-order valence-electron chi connectivity index (χ3n) is 1.78. The van der Waals surface area contributed by atoms with Gasteiger partial charge in [-0.3, -0.25) is 9.78 Å². The Balaban J connectivity index is 2.96. The van der Waals surface area contributed by atoms with Gasteiger partial charge in [0.15, 0.2) is 0 Å². The van der Waals surface area contributed by atoms with E-state index in [9.17, 15) is 18.0 Å². The van der Waals surface area contributed by atoms with Gasteiger partial charge >= 0.3 is 12.1 Å². The number of nitrogens with zero attached hydrogens (tertiary/aromatic N) is 1. The lowest BCUT2D eigenvalue weighted by molar-refractivity contribution is -0.141. The summed E-state index contributed by atoms with van der Waals surface area (Å²) in [5, 5.41) is 0. The third-order valence-corrected chi connectivity index (χ3v) is 2.79. The van der Waals surface area contributed by atoms with E-state index in [4.69, 9.17) is 0 Å². The number of esters is 1. The molecule has 0 aromatic carbocycles. The van der Waals surface area contributed by atoms with Crippen LogP contribution >= 0.6 is 22.6 Å². The fourth-order valence-corrected chi connectivity index (χ4v) is 1.60. The molecule has 88 valence electrons. The summed E-state index contributed by atoms with van der Waals surface area (Å²) in [6.45, 7) is 0. The second-order valence-electron chi connectivity index (χ2n) is 2.91. The van der Waals surface area contributed by atoms with Gasteiger partial charge in [0.25, 0.3) is 0 Å². The molecule has 16 heavy (non-hydrogen) atoms. The molecule has 0 unspecified atom stereocenters. The zero-order chi connectivity index (χ0) is 12.3. The summed E-state index contributed by atoms with van der Waals surface area (Å²) < 4.78 is 41.6. The standard InChI is InChI=1S/C9H7F3INO2/c1-16-8(15)2-5-4-14-7(3-6(5)13)9(10,11)12/h3-4H,2H2,1H3. The lowest BCUT2D eigenvalue weighted by Gasteiger charge is -2.08. The topological polar surface area (TPSA) is 39.2 Å². The number of rotatable bonds is 2. The van der Waals surface area contributed by atoms with Gasteiger partial charge in [-0.05, 0) is 34.2 Å². The predicted molar refractivity (Wildman–Crippen MR) is 57.7 cm³/mol. The molecule has 0 bridgehead atoms. The van der Waals surface area contributed by atoms with E-state index in [1.165, 1.54) is 7.11 Å². The molecule has 1 aromatic rings. The maximum absolute atomic E-state index is 12.3. The number of pyridine rings is 1. The minimum Gasteiger partial charge on any atom is -0.469 e. The third kappa shape index (κ3) is 3.32. The van der Waals surface area contributed by atoms with Gasteiger partial charge in [-0.15, -0.1) is 0 Å². The number of carbonyl (C=O) groups is 1. The average molecular weight is 345 g/mol. The van der Waals surface area contributed by atoms with Crippen LogP contribution in [-0.2, 0) is 22.1 Å². The number of alkyl halides is 3. The van der Waals surface area contributed by atoms with E-state index in [0.717, 1.165) is 12.3 Å². The van der Waals surface area contributed by atoms with E-state index in [1.54, 1.807) is 22.6 Å². The van der Waals surface area contributed by atoms with E-state index in [1.807, 2.05) is 0 Å². The van der Waals surface area contributed by atoms with Crippen LogP contribution in [0, 0.1) is 3.57 Å². The molecule has 1 aromatic heterocycles. The zero-order valence-electron chi connectivity index (χ0n) is 8.14. The van der Waals surface area contributed by atoms with E-state index in [-0.39, 0.29) is 6.42 Å². The van der Waals surface area contributed by atoms with Crippen molar-refractivity contribution in [2.45, 2.75) is 12.6 Å². The predicted octanol–water partition coefficient (Wildman–Crippen LogP) is 2.42. The number of hydrogen-bond donors (Lipinski definition) is 0. The normalized spacial score (nSPS) is 11.3. The summed E-state index contributed by atoms with van der Waals surface area (Å²) in [6.07, 6.45) is -3.51. The molecule has 0 saturated heterocycles. The van der Waals surface area contributed by atoms with Gasteiger partial charge in [-0.25, -0.2) is 0 Å². The average Bonchev–Trinajstić information content (AvgIpc) is 2.19. The van der Waals surface area contributed by atoms with Gasteiger partial charge in [0.2, 0.25) is 0 Å². The molecule has 0 spiro atoms. The van der Waals surface area contributed by atoms with E-state index in [0.29, 0.717) is 9.13 Å². The van der Waals surface area contributed by atoms with Crippen molar-refractivity contribution in [2.24, 2.45) is 0 Å². The molecule has 0 aliphatic carbocycles. The maximum Gasteiger partial charge on any atom is 0.433 e.